The zero-order chi connectivity index (χ0) is 9.42. The second kappa shape index (κ2) is 2.95. The predicted octanol–water partition coefficient (Wildman–Crippen LogP) is 2.62. The lowest BCUT2D eigenvalue weighted by molar-refractivity contribution is 1.19. The van der Waals surface area contributed by atoms with Gasteiger partial charge in [0.2, 0.25) is 0 Å². The number of hydrogen-bond donors (Lipinski definition) is 0. The summed E-state index contributed by atoms with van der Waals surface area (Å²) >= 11 is 11.7. The summed E-state index contributed by atoms with van der Waals surface area (Å²) in [6.45, 7) is 0. The van der Waals surface area contributed by atoms with E-state index in [0.29, 0.717) is 21.4 Å². The van der Waals surface area contributed by atoms with Crippen LogP contribution in [0.2, 0.25) is 10.0 Å². The molecule has 0 fully saturated rings. The van der Waals surface area contributed by atoms with Crippen molar-refractivity contribution in [2.75, 3.05) is 0 Å². The molecule has 0 saturated carbocycles. The average Bonchev–Trinajstić information content (AvgIpc) is 2.47. The lowest BCUT2D eigenvalue weighted by Gasteiger charge is -1.95. The Morgan fingerprint density at radius 2 is 2.15 bits per heavy atom. The van der Waals surface area contributed by atoms with Crippen molar-refractivity contribution in [1.29, 1.82) is 0 Å². The Hall–Kier alpha value is -1.17. The zero-order valence-corrected chi connectivity index (χ0v) is 7.97. The molecule has 4 heteroatoms. The molecular formula is C9H4Cl2N2. The largest absolute Gasteiger partial charge is 0.303 e. The molecule has 0 amide bonds. The maximum absolute atomic E-state index is 5.90. The van der Waals surface area contributed by atoms with Crippen molar-refractivity contribution in [2.24, 2.45) is 0 Å². The van der Waals surface area contributed by atoms with Gasteiger partial charge in [0.05, 0.1) is 10.0 Å². The number of nitrogens with zero attached hydrogens (tertiary/aromatic N) is 2. The van der Waals surface area contributed by atoms with Crippen molar-refractivity contribution in [3.63, 3.8) is 0 Å². The maximum Gasteiger partial charge on any atom is 0.157 e. The fraction of sp³-hybridized carbons (Fsp3) is 0. The van der Waals surface area contributed by atoms with Crippen molar-refractivity contribution in [3.05, 3.63) is 34.2 Å². The van der Waals surface area contributed by atoms with Gasteiger partial charge in [0.15, 0.2) is 5.65 Å². The van der Waals surface area contributed by atoms with Crippen LogP contribution in [0.3, 0.4) is 0 Å². The van der Waals surface area contributed by atoms with E-state index in [1.807, 2.05) is 0 Å². The second-order valence-electron chi connectivity index (χ2n) is 2.51. The number of rotatable bonds is 0. The Labute approximate surface area is 85.1 Å². The molecule has 0 atom stereocenters. The monoisotopic (exact) mass is 210 g/mol. The van der Waals surface area contributed by atoms with E-state index in [-0.39, 0.29) is 0 Å². The normalized spacial score (nSPS) is 10.2. The van der Waals surface area contributed by atoms with Gasteiger partial charge in [0.1, 0.15) is 5.69 Å². The Balaban J connectivity index is 2.84. The van der Waals surface area contributed by atoms with Crippen LogP contribution in [0.5, 0.6) is 0 Å². The Morgan fingerprint density at radius 3 is 2.85 bits per heavy atom. The van der Waals surface area contributed by atoms with Crippen LogP contribution in [-0.2, 0) is 0 Å². The highest BCUT2D eigenvalue weighted by molar-refractivity contribution is 6.36. The van der Waals surface area contributed by atoms with Crippen LogP contribution in [0.25, 0.3) is 5.65 Å². The molecule has 2 aromatic heterocycles. The highest BCUT2D eigenvalue weighted by Crippen LogP contribution is 2.21. The standard InChI is InChI=1S/C9H4Cl2N2/c1-2-7-5-13-4-6(10)3-8(11)9(13)12-7/h1,3-5H. The molecule has 0 N–H and O–H groups in total. The molecule has 64 valence electrons. The van der Waals surface area contributed by atoms with E-state index in [9.17, 15) is 0 Å². The molecule has 0 aliphatic rings. The third kappa shape index (κ3) is 1.37. The highest BCUT2D eigenvalue weighted by atomic mass is 35.5. The minimum absolute atomic E-state index is 0.494. The minimum Gasteiger partial charge on any atom is -0.303 e. The van der Waals surface area contributed by atoms with E-state index in [2.05, 4.69) is 10.9 Å². The molecule has 0 spiro atoms. The van der Waals surface area contributed by atoms with Crippen molar-refractivity contribution < 1.29 is 0 Å². The predicted molar refractivity (Wildman–Crippen MR) is 53.1 cm³/mol. The summed E-state index contributed by atoms with van der Waals surface area (Å²) in [6, 6.07) is 1.63. The van der Waals surface area contributed by atoms with Crippen LogP contribution in [0.1, 0.15) is 5.69 Å². The van der Waals surface area contributed by atoms with Gasteiger partial charge in [-0.05, 0) is 12.0 Å². The van der Waals surface area contributed by atoms with E-state index in [4.69, 9.17) is 29.6 Å². The number of imidazole rings is 1. The summed E-state index contributed by atoms with van der Waals surface area (Å²) in [6.07, 6.45) is 8.61. The number of halogens is 2. The Bertz CT molecular complexity index is 508. The van der Waals surface area contributed by atoms with Crippen LogP contribution in [0.4, 0.5) is 0 Å². The zero-order valence-electron chi connectivity index (χ0n) is 6.46. The number of fused-ring (bicyclic) bond motifs is 1. The molecule has 0 aliphatic carbocycles. The van der Waals surface area contributed by atoms with E-state index in [1.54, 1.807) is 22.9 Å². The topological polar surface area (TPSA) is 17.3 Å². The van der Waals surface area contributed by atoms with Crippen molar-refractivity contribution in [2.45, 2.75) is 0 Å². The first-order valence-electron chi connectivity index (χ1n) is 3.51. The number of pyridine rings is 1. The molecule has 2 heterocycles. The van der Waals surface area contributed by atoms with Crippen LogP contribution >= 0.6 is 23.2 Å². The molecule has 0 bridgehead atoms. The summed E-state index contributed by atoms with van der Waals surface area (Å²) in [5, 5.41) is 1.05. The molecule has 0 aromatic carbocycles. The van der Waals surface area contributed by atoms with Gasteiger partial charge in [-0.2, -0.15) is 0 Å². The van der Waals surface area contributed by atoms with Gasteiger partial charge in [-0.1, -0.05) is 23.2 Å². The van der Waals surface area contributed by atoms with Crippen LogP contribution in [0.15, 0.2) is 18.5 Å². The summed E-state index contributed by atoms with van der Waals surface area (Å²) in [5.41, 5.74) is 1.17. The number of hydrogen-bond acceptors (Lipinski definition) is 1. The molecule has 2 rings (SSSR count). The minimum atomic E-state index is 0.494. The third-order valence-electron chi connectivity index (χ3n) is 1.62. The van der Waals surface area contributed by atoms with E-state index < -0.39 is 0 Å². The summed E-state index contributed by atoms with van der Waals surface area (Å²) in [5.74, 6) is 2.43. The number of aromatic nitrogens is 2. The van der Waals surface area contributed by atoms with Gasteiger partial charge in [-0.25, -0.2) is 4.98 Å². The van der Waals surface area contributed by atoms with Gasteiger partial charge in [0, 0.05) is 12.4 Å². The quantitative estimate of drug-likeness (QED) is 0.612. The van der Waals surface area contributed by atoms with Gasteiger partial charge in [-0.3, -0.25) is 0 Å². The average molecular weight is 211 g/mol. The van der Waals surface area contributed by atoms with Crippen LogP contribution in [-0.4, -0.2) is 9.38 Å². The molecule has 13 heavy (non-hydrogen) atoms. The van der Waals surface area contributed by atoms with Gasteiger partial charge in [-0.15, -0.1) is 6.42 Å². The van der Waals surface area contributed by atoms with Crippen LogP contribution in [0, 0.1) is 12.3 Å². The SMILES string of the molecule is C#Cc1cn2cc(Cl)cc(Cl)c2n1. The molecule has 0 unspecified atom stereocenters. The molecule has 0 aliphatic heterocycles. The van der Waals surface area contributed by atoms with Crippen LogP contribution < -0.4 is 0 Å². The van der Waals surface area contributed by atoms with E-state index in [1.165, 1.54) is 0 Å². The first kappa shape index (κ1) is 8.43. The Morgan fingerprint density at radius 1 is 1.38 bits per heavy atom. The first-order valence-corrected chi connectivity index (χ1v) is 4.26. The highest BCUT2D eigenvalue weighted by Gasteiger charge is 2.04. The lowest BCUT2D eigenvalue weighted by atomic mass is 10.5. The van der Waals surface area contributed by atoms with Crippen molar-refractivity contribution in [1.82, 2.24) is 9.38 Å². The summed E-state index contributed by atoms with van der Waals surface area (Å²) in [4.78, 5) is 4.11. The maximum atomic E-state index is 5.90. The first-order chi connectivity index (χ1) is 6.20. The molecule has 2 aromatic rings. The molecule has 0 saturated heterocycles. The summed E-state index contributed by atoms with van der Waals surface area (Å²) in [7, 11) is 0. The fourth-order valence-electron chi connectivity index (χ4n) is 1.09. The smallest absolute Gasteiger partial charge is 0.157 e. The fourth-order valence-corrected chi connectivity index (χ4v) is 1.62. The molecule has 2 nitrogen and oxygen atoms in total. The van der Waals surface area contributed by atoms with Crippen molar-refractivity contribution >= 4 is 28.8 Å². The van der Waals surface area contributed by atoms with Gasteiger partial charge >= 0.3 is 0 Å². The van der Waals surface area contributed by atoms with Crippen molar-refractivity contribution in [3.8, 4) is 12.3 Å². The van der Waals surface area contributed by atoms with E-state index in [0.717, 1.165) is 0 Å². The lowest BCUT2D eigenvalue weighted by Crippen LogP contribution is -1.82. The molecule has 0 radical (unpaired) electrons. The third-order valence-corrected chi connectivity index (χ3v) is 2.11. The van der Waals surface area contributed by atoms with Gasteiger partial charge in [0.25, 0.3) is 0 Å². The Kier molecular flexibility index (Phi) is 1.91. The second-order valence-corrected chi connectivity index (χ2v) is 3.35. The van der Waals surface area contributed by atoms with Gasteiger partial charge < -0.3 is 4.40 Å². The molecular weight excluding hydrogens is 207 g/mol. The number of terminal acetylenes is 1. The summed E-state index contributed by atoms with van der Waals surface area (Å²) < 4.78 is 1.71. The van der Waals surface area contributed by atoms with E-state index >= 15 is 0 Å².